The quantitative estimate of drug-likeness (QED) is 0.868. The molecule has 0 aromatic heterocycles. The highest BCUT2D eigenvalue weighted by Crippen LogP contribution is 2.37. The Labute approximate surface area is 137 Å². The fourth-order valence-corrected chi connectivity index (χ4v) is 4.05. The predicted octanol–water partition coefficient (Wildman–Crippen LogP) is 3.43. The molecular formula is C19H21ClN2. The van der Waals surface area contributed by atoms with Crippen LogP contribution in [0.2, 0.25) is 5.02 Å². The third-order valence-corrected chi connectivity index (χ3v) is 5.16. The molecule has 3 heteroatoms. The Kier molecular flexibility index (Phi) is 3.91. The lowest BCUT2D eigenvalue weighted by Gasteiger charge is -2.36. The number of hydrogen-bond acceptors (Lipinski definition) is 2. The van der Waals surface area contributed by atoms with Crippen LogP contribution < -0.4 is 5.32 Å². The molecule has 0 bridgehead atoms. The summed E-state index contributed by atoms with van der Waals surface area (Å²) in [5, 5.41) is 4.31. The monoisotopic (exact) mass is 312 g/mol. The Morgan fingerprint density at radius 1 is 0.909 bits per heavy atom. The van der Waals surface area contributed by atoms with Crippen molar-refractivity contribution in [3.8, 4) is 0 Å². The molecule has 1 aliphatic carbocycles. The Bertz CT molecular complexity index is 677. The van der Waals surface area contributed by atoms with Crippen LogP contribution in [0.1, 0.15) is 28.3 Å². The maximum atomic E-state index is 6.25. The molecule has 114 valence electrons. The van der Waals surface area contributed by atoms with Crippen LogP contribution >= 0.6 is 11.6 Å². The summed E-state index contributed by atoms with van der Waals surface area (Å²) in [6, 6.07) is 15.8. The van der Waals surface area contributed by atoms with Gasteiger partial charge < -0.3 is 5.32 Å². The fourth-order valence-electron chi connectivity index (χ4n) is 3.86. The molecule has 1 heterocycles. The minimum Gasteiger partial charge on any atom is -0.314 e. The lowest BCUT2D eigenvalue weighted by atomic mass is 9.93. The van der Waals surface area contributed by atoms with Gasteiger partial charge in [-0.05, 0) is 47.2 Å². The smallest absolute Gasteiger partial charge is 0.0608 e. The zero-order valence-electron chi connectivity index (χ0n) is 12.7. The van der Waals surface area contributed by atoms with E-state index in [0.29, 0.717) is 6.04 Å². The molecule has 0 amide bonds. The highest BCUT2D eigenvalue weighted by molar-refractivity contribution is 6.30. The van der Waals surface area contributed by atoms with E-state index in [1.807, 2.05) is 6.07 Å². The maximum Gasteiger partial charge on any atom is 0.0608 e. The van der Waals surface area contributed by atoms with Gasteiger partial charge in [0.2, 0.25) is 0 Å². The topological polar surface area (TPSA) is 15.3 Å². The molecule has 2 nitrogen and oxygen atoms in total. The second-order valence-corrected chi connectivity index (χ2v) is 6.67. The van der Waals surface area contributed by atoms with Gasteiger partial charge in [-0.3, -0.25) is 4.90 Å². The standard InChI is InChI=1S/C19H21ClN2/c20-16-7-8-18-15(13-16)6-5-14-3-1-2-4-17(14)19(18)22-11-9-21-10-12-22/h1-4,7-8,13,19,21H,5-6,9-12H2. The summed E-state index contributed by atoms with van der Waals surface area (Å²) in [5.41, 5.74) is 5.81. The first-order valence-corrected chi connectivity index (χ1v) is 8.51. The van der Waals surface area contributed by atoms with Crippen LogP contribution in [-0.4, -0.2) is 31.1 Å². The first-order valence-electron chi connectivity index (χ1n) is 8.14. The van der Waals surface area contributed by atoms with Gasteiger partial charge in [-0.2, -0.15) is 0 Å². The number of piperazine rings is 1. The Hall–Kier alpha value is -1.35. The highest BCUT2D eigenvalue weighted by Gasteiger charge is 2.29. The molecule has 2 aliphatic rings. The Balaban J connectivity index is 1.86. The summed E-state index contributed by atoms with van der Waals surface area (Å²) in [4.78, 5) is 2.62. The normalized spacial score (nSPS) is 21.8. The molecule has 2 aromatic carbocycles. The van der Waals surface area contributed by atoms with Crippen LogP contribution in [0.25, 0.3) is 0 Å². The van der Waals surface area contributed by atoms with Gasteiger partial charge in [-0.25, -0.2) is 0 Å². The average Bonchev–Trinajstić information content (AvgIpc) is 2.72. The van der Waals surface area contributed by atoms with Crippen molar-refractivity contribution >= 4 is 11.6 Å². The van der Waals surface area contributed by atoms with Crippen LogP contribution in [0.3, 0.4) is 0 Å². The third-order valence-electron chi connectivity index (χ3n) is 4.93. The summed E-state index contributed by atoms with van der Waals surface area (Å²) in [5.74, 6) is 0. The number of halogens is 1. The third kappa shape index (κ3) is 2.56. The van der Waals surface area contributed by atoms with Crippen LogP contribution in [-0.2, 0) is 12.8 Å². The van der Waals surface area contributed by atoms with E-state index in [2.05, 4.69) is 46.6 Å². The molecule has 4 rings (SSSR count). The molecule has 0 spiro atoms. The molecule has 1 aliphatic heterocycles. The van der Waals surface area contributed by atoms with E-state index in [4.69, 9.17) is 11.6 Å². The van der Waals surface area contributed by atoms with E-state index in [9.17, 15) is 0 Å². The highest BCUT2D eigenvalue weighted by atomic mass is 35.5. The number of nitrogens with one attached hydrogen (secondary N) is 1. The maximum absolute atomic E-state index is 6.25. The minimum atomic E-state index is 0.369. The van der Waals surface area contributed by atoms with Gasteiger partial charge in [0.05, 0.1) is 6.04 Å². The summed E-state index contributed by atoms with van der Waals surface area (Å²) >= 11 is 6.25. The Morgan fingerprint density at radius 2 is 1.64 bits per heavy atom. The van der Waals surface area contributed by atoms with E-state index in [1.165, 1.54) is 22.3 Å². The average molecular weight is 313 g/mol. The lowest BCUT2D eigenvalue weighted by molar-refractivity contribution is 0.198. The van der Waals surface area contributed by atoms with Gasteiger partial charge in [0, 0.05) is 31.2 Å². The molecule has 1 N–H and O–H groups in total. The number of nitrogens with zero attached hydrogens (tertiary/aromatic N) is 1. The van der Waals surface area contributed by atoms with Gasteiger partial charge in [-0.1, -0.05) is 41.9 Å². The zero-order valence-corrected chi connectivity index (χ0v) is 13.4. The largest absolute Gasteiger partial charge is 0.314 e. The number of hydrogen-bond donors (Lipinski definition) is 1. The number of rotatable bonds is 1. The second kappa shape index (κ2) is 6.04. The number of fused-ring (bicyclic) bond motifs is 2. The van der Waals surface area contributed by atoms with Crippen molar-refractivity contribution in [3.63, 3.8) is 0 Å². The van der Waals surface area contributed by atoms with Crippen LogP contribution in [0.4, 0.5) is 0 Å². The van der Waals surface area contributed by atoms with E-state index in [-0.39, 0.29) is 0 Å². The zero-order chi connectivity index (χ0) is 14.9. The van der Waals surface area contributed by atoms with Gasteiger partial charge in [0.25, 0.3) is 0 Å². The van der Waals surface area contributed by atoms with Gasteiger partial charge in [0.1, 0.15) is 0 Å². The molecule has 0 radical (unpaired) electrons. The summed E-state index contributed by atoms with van der Waals surface area (Å²) < 4.78 is 0. The van der Waals surface area contributed by atoms with E-state index in [1.54, 1.807) is 0 Å². The summed E-state index contributed by atoms with van der Waals surface area (Å²) in [6.45, 7) is 4.34. The second-order valence-electron chi connectivity index (χ2n) is 6.23. The van der Waals surface area contributed by atoms with Crippen molar-refractivity contribution in [1.82, 2.24) is 10.2 Å². The summed E-state index contributed by atoms with van der Waals surface area (Å²) in [6.07, 6.45) is 2.18. The van der Waals surface area contributed by atoms with Crippen molar-refractivity contribution in [2.75, 3.05) is 26.2 Å². The molecule has 1 saturated heterocycles. The van der Waals surface area contributed by atoms with E-state index >= 15 is 0 Å². The first kappa shape index (κ1) is 14.3. The van der Waals surface area contributed by atoms with E-state index in [0.717, 1.165) is 44.0 Å². The molecular weight excluding hydrogens is 292 g/mol. The van der Waals surface area contributed by atoms with Crippen molar-refractivity contribution in [2.24, 2.45) is 0 Å². The summed E-state index contributed by atoms with van der Waals surface area (Å²) in [7, 11) is 0. The van der Waals surface area contributed by atoms with Crippen LogP contribution in [0.15, 0.2) is 42.5 Å². The van der Waals surface area contributed by atoms with Crippen molar-refractivity contribution < 1.29 is 0 Å². The van der Waals surface area contributed by atoms with Crippen molar-refractivity contribution in [1.29, 1.82) is 0 Å². The predicted molar refractivity (Wildman–Crippen MR) is 91.6 cm³/mol. The van der Waals surface area contributed by atoms with Crippen molar-refractivity contribution in [2.45, 2.75) is 18.9 Å². The molecule has 1 unspecified atom stereocenters. The van der Waals surface area contributed by atoms with Gasteiger partial charge in [0.15, 0.2) is 0 Å². The Morgan fingerprint density at radius 3 is 2.50 bits per heavy atom. The SMILES string of the molecule is Clc1ccc2c(c1)CCc1ccccc1C2N1CCNCC1. The minimum absolute atomic E-state index is 0.369. The van der Waals surface area contributed by atoms with Gasteiger partial charge in [-0.15, -0.1) is 0 Å². The lowest BCUT2D eigenvalue weighted by Crippen LogP contribution is -2.45. The van der Waals surface area contributed by atoms with E-state index < -0.39 is 0 Å². The van der Waals surface area contributed by atoms with Gasteiger partial charge >= 0.3 is 0 Å². The van der Waals surface area contributed by atoms with Crippen LogP contribution in [0.5, 0.6) is 0 Å². The van der Waals surface area contributed by atoms with Crippen LogP contribution in [0, 0.1) is 0 Å². The fraction of sp³-hybridized carbons (Fsp3) is 0.368. The molecule has 1 atom stereocenters. The van der Waals surface area contributed by atoms with Crippen molar-refractivity contribution in [3.05, 3.63) is 69.7 Å². The molecule has 1 fully saturated rings. The first-order chi connectivity index (χ1) is 10.8. The molecule has 2 aromatic rings. The number of aryl methyl sites for hydroxylation is 2. The molecule has 0 saturated carbocycles. The number of benzene rings is 2. The molecule has 22 heavy (non-hydrogen) atoms.